The zero-order valence-electron chi connectivity index (χ0n) is 24.8. The largest absolute Gasteiger partial charge is 0.460 e. The molecule has 0 bridgehead atoms. The minimum absolute atomic E-state index is 0.0536. The van der Waals surface area contributed by atoms with E-state index in [4.69, 9.17) is 4.74 Å². The Morgan fingerprint density at radius 1 is 1.11 bits per heavy atom. The summed E-state index contributed by atoms with van der Waals surface area (Å²) in [7, 11) is 2.08. The summed E-state index contributed by atoms with van der Waals surface area (Å²) in [6, 6.07) is 15.4. The van der Waals surface area contributed by atoms with Crippen LogP contribution < -0.4 is 16.2 Å². The second-order valence-electron chi connectivity index (χ2n) is 12.3. The topological polar surface area (TPSA) is 92.7 Å². The van der Waals surface area contributed by atoms with E-state index in [-0.39, 0.29) is 48.2 Å². The molecule has 3 aliphatic rings. The van der Waals surface area contributed by atoms with Gasteiger partial charge < -0.3 is 24.8 Å². The minimum atomic E-state index is -2.62. The molecule has 45 heavy (non-hydrogen) atoms. The first-order chi connectivity index (χ1) is 21.5. The number of nitrogens with zero attached hydrogens (tertiary/aromatic N) is 2. The first kappa shape index (κ1) is 32.4. The first-order valence-corrected chi connectivity index (χ1v) is 17.1. The monoisotopic (exact) mass is 842 g/mol. The maximum atomic E-state index is 13.7. The van der Waals surface area contributed by atoms with Crippen LogP contribution in [-0.4, -0.2) is 50.9 Å². The number of halogens is 4. The molecule has 1 amide bonds. The standard InChI is InChI=1S/C33H34F2I2N4O4/c1-18(25-12-33(25,37)32(44)45-17-19-7-4-3-5-8-19)41-16-24(26(11-27(41)42)39-29-22-14-40(2)15-23(22)29)31(43)38-13-20-9-6-10-21(28(20)36)30(34)35/h3-11,16,18,22-23,25,29-30,39H,12-15,17H2,1-2H3,(H,38,43)/t18-,22+,23?,25+,29-,33?/m0/s1. The van der Waals surface area contributed by atoms with Crippen LogP contribution in [0.2, 0.25) is 0 Å². The van der Waals surface area contributed by atoms with E-state index < -0.39 is 15.8 Å². The maximum absolute atomic E-state index is 13.7. The highest BCUT2D eigenvalue weighted by atomic mass is 127. The van der Waals surface area contributed by atoms with Crippen molar-refractivity contribution in [2.45, 2.75) is 48.4 Å². The average molecular weight is 842 g/mol. The molecule has 2 aliphatic carbocycles. The third kappa shape index (κ3) is 6.64. The Morgan fingerprint density at radius 2 is 1.82 bits per heavy atom. The summed E-state index contributed by atoms with van der Waals surface area (Å²) in [4.78, 5) is 42.5. The molecule has 8 nitrogen and oxygen atoms in total. The average Bonchev–Trinajstić information content (AvgIpc) is 3.83. The number of nitrogens with one attached hydrogen (secondary N) is 2. The number of aromatic nitrogens is 1. The molecule has 0 radical (unpaired) electrons. The van der Waals surface area contributed by atoms with Crippen molar-refractivity contribution in [3.63, 3.8) is 0 Å². The van der Waals surface area contributed by atoms with Crippen LogP contribution in [-0.2, 0) is 22.7 Å². The van der Waals surface area contributed by atoms with Gasteiger partial charge in [-0.05, 0) is 65.9 Å². The molecule has 2 saturated carbocycles. The summed E-state index contributed by atoms with van der Waals surface area (Å²) in [6.07, 6.45) is -0.498. The lowest BCUT2D eigenvalue weighted by molar-refractivity contribution is -0.145. The van der Waals surface area contributed by atoms with Gasteiger partial charge in [0.2, 0.25) is 0 Å². The Labute approximate surface area is 287 Å². The lowest BCUT2D eigenvalue weighted by atomic mass is 10.1. The number of hydrogen-bond acceptors (Lipinski definition) is 6. The van der Waals surface area contributed by atoms with Crippen molar-refractivity contribution in [1.82, 2.24) is 14.8 Å². The molecule has 2 heterocycles. The molecule has 1 aromatic heterocycles. The van der Waals surface area contributed by atoms with Crippen molar-refractivity contribution in [3.05, 3.63) is 97.0 Å². The first-order valence-electron chi connectivity index (χ1n) is 14.9. The number of hydrogen-bond donors (Lipinski definition) is 2. The van der Waals surface area contributed by atoms with Gasteiger partial charge in [-0.15, -0.1) is 0 Å². The molecule has 1 saturated heterocycles. The summed E-state index contributed by atoms with van der Waals surface area (Å²) < 4.78 is 33.7. The van der Waals surface area contributed by atoms with Crippen LogP contribution in [0.4, 0.5) is 14.5 Å². The molecule has 3 aromatic rings. The molecule has 1 aliphatic heterocycles. The molecule has 238 valence electrons. The molecule has 6 rings (SSSR count). The fourth-order valence-corrected chi connectivity index (χ4v) is 8.49. The van der Waals surface area contributed by atoms with Crippen molar-refractivity contribution in [2.75, 3.05) is 25.5 Å². The fourth-order valence-electron chi connectivity index (χ4n) is 6.56. The van der Waals surface area contributed by atoms with E-state index in [9.17, 15) is 23.2 Å². The van der Waals surface area contributed by atoms with Crippen molar-refractivity contribution in [2.24, 2.45) is 17.8 Å². The molecule has 6 atom stereocenters. The zero-order chi connectivity index (χ0) is 32.0. The molecular formula is C33H34F2I2N4O4. The van der Waals surface area contributed by atoms with Gasteiger partial charge in [0.15, 0.2) is 0 Å². The van der Waals surface area contributed by atoms with Gasteiger partial charge >= 0.3 is 5.97 Å². The Kier molecular flexibility index (Phi) is 9.27. The highest BCUT2D eigenvalue weighted by molar-refractivity contribution is 14.1. The highest BCUT2D eigenvalue weighted by Crippen LogP contribution is 2.57. The molecule has 3 fully saturated rings. The predicted octanol–water partition coefficient (Wildman–Crippen LogP) is 5.79. The summed E-state index contributed by atoms with van der Waals surface area (Å²) in [6.45, 7) is 4.02. The third-order valence-electron chi connectivity index (χ3n) is 9.32. The van der Waals surface area contributed by atoms with Gasteiger partial charge in [0.25, 0.3) is 17.9 Å². The summed E-state index contributed by atoms with van der Waals surface area (Å²) in [5.74, 6) is 0.0149. The fraction of sp³-hybridized carbons (Fsp3) is 0.424. The number of pyridine rings is 1. The Hall–Kier alpha value is -2.59. The number of carbonyl (C=O) groups excluding carboxylic acids is 2. The quantitative estimate of drug-likeness (QED) is 0.145. The van der Waals surface area contributed by atoms with Crippen molar-refractivity contribution in [3.8, 4) is 0 Å². The van der Waals surface area contributed by atoms with Gasteiger partial charge in [0.05, 0.1) is 11.3 Å². The number of benzene rings is 2. The summed E-state index contributed by atoms with van der Waals surface area (Å²) in [5.41, 5.74) is 1.88. The van der Waals surface area contributed by atoms with Gasteiger partial charge in [0.1, 0.15) is 10.0 Å². The lowest BCUT2D eigenvalue weighted by Gasteiger charge is -2.21. The number of piperidine rings is 1. The van der Waals surface area contributed by atoms with Crippen molar-refractivity contribution < 1.29 is 23.1 Å². The number of likely N-dealkylation sites (tertiary alicyclic amines) is 1. The molecule has 2 aromatic carbocycles. The van der Waals surface area contributed by atoms with E-state index >= 15 is 0 Å². The zero-order valence-corrected chi connectivity index (χ0v) is 29.1. The van der Waals surface area contributed by atoms with Crippen LogP contribution in [0.15, 0.2) is 65.6 Å². The number of rotatable bonds is 11. The number of anilines is 1. The van der Waals surface area contributed by atoms with Crippen LogP contribution >= 0.6 is 45.2 Å². The summed E-state index contributed by atoms with van der Waals surface area (Å²) in [5, 5.41) is 6.35. The van der Waals surface area contributed by atoms with E-state index in [1.54, 1.807) is 18.3 Å². The second-order valence-corrected chi connectivity index (χ2v) is 15.3. The van der Waals surface area contributed by atoms with Gasteiger partial charge in [-0.25, -0.2) is 8.78 Å². The van der Waals surface area contributed by atoms with Gasteiger partial charge in [-0.3, -0.25) is 14.4 Å². The number of ether oxygens (including phenoxy) is 1. The number of amides is 1. The van der Waals surface area contributed by atoms with Crippen LogP contribution in [0, 0.1) is 21.3 Å². The SMILES string of the molecule is C[C@@H]([C@H]1CC1(I)C(=O)OCc1ccccc1)n1cc(C(=O)NCc2cccc(C(F)F)c2I)c(N[C@@H]2C3CN(C)C[C@H]32)cc1=O. The van der Waals surface area contributed by atoms with E-state index in [1.165, 1.54) is 16.7 Å². The highest BCUT2D eigenvalue weighted by Gasteiger charge is 2.62. The van der Waals surface area contributed by atoms with E-state index in [0.717, 1.165) is 18.7 Å². The lowest BCUT2D eigenvalue weighted by Crippen LogP contribution is -2.32. The molecule has 2 N–H and O–H groups in total. The number of alkyl halides is 3. The predicted molar refractivity (Wildman–Crippen MR) is 184 cm³/mol. The van der Waals surface area contributed by atoms with E-state index in [1.807, 2.05) is 59.8 Å². The van der Waals surface area contributed by atoms with Crippen molar-refractivity contribution >= 4 is 62.7 Å². The Bertz CT molecular complexity index is 1660. The van der Waals surface area contributed by atoms with Gasteiger partial charge in [-0.2, -0.15) is 0 Å². The third-order valence-corrected chi connectivity index (χ3v) is 12.3. The number of esters is 1. The smallest absolute Gasteiger partial charge is 0.322 e. The minimum Gasteiger partial charge on any atom is -0.460 e. The van der Waals surface area contributed by atoms with Crippen LogP contribution in [0.25, 0.3) is 0 Å². The Balaban J connectivity index is 1.21. The van der Waals surface area contributed by atoms with Crippen molar-refractivity contribution in [1.29, 1.82) is 0 Å². The number of fused-ring (bicyclic) bond motifs is 1. The van der Waals surface area contributed by atoms with Gasteiger partial charge in [0, 0.05) is 59.0 Å². The Morgan fingerprint density at radius 3 is 2.51 bits per heavy atom. The molecule has 12 heteroatoms. The molecule has 0 spiro atoms. The van der Waals surface area contributed by atoms with Crippen LogP contribution in [0.3, 0.4) is 0 Å². The number of carbonyl (C=O) groups is 2. The maximum Gasteiger partial charge on any atom is 0.322 e. The van der Waals surface area contributed by atoms with Crippen LogP contribution in [0.5, 0.6) is 0 Å². The van der Waals surface area contributed by atoms with E-state index in [0.29, 0.717) is 38.6 Å². The van der Waals surface area contributed by atoms with E-state index in [2.05, 4.69) is 45.2 Å². The summed E-state index contributed by atoms with van der Waals surface area (Å²) >= 11 is 4.02. The van der Waals surface area contributed by atoms with Crippen LogP contribution in [0.1, 0.15) is 52.9 Å². The molecule has 2 unspecified atom stereocenters. The normalized spacial score (nSPS) is 25.8. The van der Waals surface area contributed by atoms with Gasteiger partial charge in [-0.1, -0.05) is 71.1 Å². The second kappa shape index (κ2) is 12.9. The molecular weight excluding hydrogens is 808 g/mol.